The molecule has 0 aliphatic carbocycles. The molecule has 2 unspecified atom stereocenters. The third kappa shape index (κ3) is 4.55. The third-order valence-corrected chi connectivity index (χ3v) is 5.07. The van der Waals surface area contributed by atoms with Crippen LogP contribution >= 0.6 is 11.6 Å². The Hall–Kier alpha value is -3.13. The molecule has 9 heteroatoms. The van der Waals surface area contributed by atoms with E-state index in [4.69, 9.17) is 16.3 Å². The monoisotopic (exact) mass is 467 g/mol. The summed E-state index contributed by atoms with van der Waals surface area (Å²) in [5.41, 5.74) is -1.01. The lowest BCUT2D eigenvalue weighted by atomic mass is 10.0. The fourth-order valence-corrected chi connectivity index (χ4v) is 3.24. The number of ether oxygens (including phenoxy) is 2. The molecule has 0 saturated heterocycles. The van der Waals surface area contributed by atoms with Gasteiger partial charge in [0.1, 0.15) is 35.6 Å². The van der Waals surface area contributed by atoms with E-state index in [2.05, 4.69) is 9.73 Å². The third-order valence-electron chi connectivity index (χ3n) is 4.82. The molecule has 0 N–H and O–H groups in total. The van der Waals surface area contributed by atoms with Crippen LogP contribution in [0, 0.1) is 11.6 Å². The second-order valence-corrected chi connectivity index (χ2v) is 7.35. The van der Waals surface area contributed by atoms with Crippen LogP contribution < -0.4 is 4.74 Å². The van der Waals surface area contributed by atoms with E-state index in [1.54, 1.807) is 24.3 Å². The summed E-state index contributed by atoms with van der Waals surface area (Å²) in [6.45, 7) is 0.138. The minimum absolute atomic E-state index is 0.0884. The molecule has 0 amide bonds. The molecule has 32 heavy (non-hydrogen) atoms. The lowest BCUT2D eigenvalue weighted by Gasteiger charge is -2.17. The topological polar surface area (TPSA) is 30.8 Å². The number of hydrogen-bond donors (Lipinski definition) is 0. The maximum absolute atomic E-state index is 14.0. The van der Waals surface area contributed by atoms with Crippen molar-refractivity contribution in [2.45, 2.75) is 17.8 Å². The van der Waals surface area contributed by atoms with Gasteiger partial charge in [0, 0.05) is 0 Å². The summed E-state index contributed by atoms with van der Waals surface area (Å²) in [6.07, 6.45) is -4.14. The van der Waals surface area contributed by atoms with Gasteiger partial charge in [-0.1, -0.05) is 54.1 Å². The molecule has 3 aromatic carbocycles. The Morgan fingerprint density at radius 2 is 1.50 bits per heavy atom. The summed E-state index contributed by atoms with van der Waals surface area (Å²) in [7, 11) is 0. The van der Waals surface area contributed by atoms with Crippen LogP contribution in [0.25, 0.3) is 11.1 Å². The first kappa shape index (κ1) is 22.1. The molecule has 0 spiro atoms. The molecule has 4 rings (SSSR count). The number of hydrogen-bond acceptors (Lipinski definition) is 3. The number of aliphatic imine (C=N–C) groups is 1. The second kappa shape index (κ2) is 8.78. The molecule has 3 nitrogen and oxygen atoms in total. The predicted molar refractivity (Wildman–Crippen MR) is 110 cm³/mol. The number of rotatable bonds is 6. The van der Waals surface area contributed by atoms with E-state index in [0.717, 1.165) is 23.3 Å². The molecule has 166 valence electrons. The highest BCUT2D eigenvalue weighted by Crippen LogP contribution is 2.32. The smallest absolute Gasteiger partial charge is 0.444 e. The molecule has 0 saturated carbocycles. The minimum Gasteiger partial charge on any atom is -0.475 e. The van der Waals surface area contributed by atoms with Crippen molar-refractivity contribution in [2.24, 2.45) is 4.99 Å². The molecule has 2 atom stereocenters. The average Bonchev–Trinajstić information content (AvgIpc) is 3.24. The Bertz CT molecular complexity index is 1110. The fraction of sp³-hybridized carbons (Fsp3) is 0.174. The Morgan fingerprint density at radius 3 is 2.06 bits per heavy atom. The van der Waals surface area contributed by atoms with Crippen LogP contribution in [0.5, 0.6) is 5.75 Å². The van der Waals surface area contributed by atoms with Crippen molar-refractivity contribution in [3.05, 3.63) is 89.5 Å². The summed E-state index contributed by atoms with van der Waals surface area (Å²) in [5.74, 6) is -1.82. The van der Waals surface area contributed by atoms with Gasteiger partial charge in [-0.05, 0) is 41.0 Å². The highest BCUT2D eigenvalue weighted by molar-refractivity contribution is 6.20. The van der Waals surface area contributed by atoms with Crippen molar-refractivity contribution in [3.8, 4) is 16.9 Å². The Kier molecular flexibility index (Phi) is 6.06. The molecule has 3 aromatic rings. The number of nitrogens with zero attached hydrogens (tertiary/aromatic N) is 1. The van der Waals surface area contributed by atoms with Crippen molar-refractivity contribution in [1.82, 2.24) is 0 Å². The second-order valence-electron chi connectivity index (χ2n) is 6.97. The van der Waals surface area contributed by atoms with Crippen molar-refractivity contribution in [2.75, 3.05) is 6.61 Å². The van der Waals surface area contributed by atoms with Crippen LogP contribution in [-0.2, 0) is 4.74 Å². The number of benzene rings is 3. The van der Waals surface area contributed by atoms with Crippen molar-refractivity contribution in [1.29, 1.82) is 0 Å². The molecule has 0 aromatic heterocycles. The van der Waals surface area contributed by atoms with Crippen LogP contribution in [0.3, 0.4) is 0 Å². The van der Waals surface area contributed by atoms with E-state index in [9.17, 15) is 22.0 Å². The van der Waals surface area contributed by atoms with Gasteiger partial charge >= 0.3 is 6.11 Å². The zero-order valence-corrected chi connectivity index (χ0v) is 17.0. The largest absolute Gasteiger partial charge is 0.475 e. The SMILES string of the molecule is Fc1cccc(F)c1C1=NC(c2ccc(-c3ccc(OC(F)(F)C(F)Cl)cc3)cc2)CO1. The first-order chi connectivity index (χ1) is 15.2. The standard InChI is InChI=1S/C23H15ClF5NO2/c24-22(27)23(28,29)32-16-10-8-14(9-11-16)13-4-6-15(7-5-13)19-12-31-21(30-19)20-17(25)2-1-3-18(20)26/h1-11,19,22H,12H2. The maximum atomic E-state index is 14.0. The molecule has 1 aliphatic heterocycles. The summed E-state index contributed by atoms with van der Waals surface area (Å²) < 4.78 is 76.7. The Balaban J connectivity index is 1.49. The van der Waals surface area contributed by atoms with Gasteiger partial charge < -0.3 is 9.47 Å². The van der Waals surface area contributed by atoms with Gasteiger partial charge in [0.05, 0.1) is 0 Å². The van der Waals surface area contributed by atoms with Gasteiger partial charge in [0.25, 0.3) is 5.63 Å². The lowest BCUT2D eigenvalue weighted by molar-refractivity contribution is -0.199. The fourth-order valence-electron chi connectivity index (χ4n) is 3.20. The normalized spacial score (nSPS) is 16.9. The summed E-state index contributed by atoms with van der Waals surface area (Å²) in [5, 5.41) is 0. The predicted octanol–water partition coefficient (Wildman–Crippen LogP) is 6.66. The van der Waals surface area contributed by atoms with Gasteiger partial charge in [-0.3, -0.25) is 0 Å². The van der Waals surface area contributed by atoms with E-state index >= 15 is 0 Å². The van der Waals surface area contributed by atoms with E-state index in [1.165, 1.54) is 30.3 Å². The number of alkyl halides is 4. The van der Waals surface area contributed by atoms with Gasteiger partial charge in [-0.15, -0.1) is 0 Å². The summed E-state index contributed by atoms with van der Waals surface area (Å²) in [4.78, 5) is 4.30. The first-order valence-electron chi connectivity index (χ1n) is 9.45. The maximum Gasteiger partial charge on any atom is 0.444 e. The van der Waals surface area contributed by atoms with Crippen molar-refractivity contribution >= 4 is 17.5 Å². The van der Waals surface area contributed by atoms with Gasteiger partial charge in [-0.25, -0.2) is 18.2 Å². The zero-order valence-electron chi connectivity index (χ0n) is 16.2. The molecule has 0 radical (unpaired) electrons. The van der Waals surface area contributed by atoms with Crippen LogP contribution in [-0.4, -0.2) is 24.2 Å². The van der Waals surface area contributed by atoms with Gasteiger partial charge in [0.15, 0.2) is 0 Å². The molecule has 0 fully saturated rings. The first-order valence-corrected chi connectivity index (χ1v) is 9.88. The average molecular weight is 468 g/mol. The summed E-state index contributed by atoms with van der Waals surface area (Å²) >= 11 is 4.78. The Labute approximate surface area is 185 Å². The van der Waals surface area contributed by atoms with Crippen LogP contribution in [0.1, 0.15) is 17.2 Å². The highest BCUT2D eigenvalue weighted by Gasteiger charge is 2.42. The van der Waals surface area contributed by atoms with Crippen molar-refractivity contribution in [3.63, 3.8) is 0 Å². The van der Waals surface area contributed by atoms with E-state index in [0.29, 0.717) is 5.56 Å². The van der Waals surface area contributed by atoms with E-state index in [1.807, 2.05) is 0 Å². The quantitative estimate of drug-likeness (QED) is 0.300. The molecule has 1 aliphatic rings. The molecular formula is C23H15ClF5NO2. The van der Waals surface area contributed by atoms with Gasteiger partial charge in [-0.2, -0.15) is 8.78 Å². The lowest BCUT2D eigenvalue weighted by Crippen LogP contribution is -2.32. The van der Waals surface area contributed by atoms with Crippen LogP contribution in [0.2, 0.25) is 0 Å². The zero-order chi connectivity index (χ0) is 22.9. The van der Waals surface area contributed by atoms with Crippen molar-refractivity contribution < 1.29 is 31.4 Å². The van der Waals surface area contributed by atoms with Gasteiger partial charge in [0.2, 0.25) is 5.90 Å². The highest BCUT2D eigenvalue weighted by atomic mass is 35.5. The Morgan fingerprint density at radius 1 is 0.938 bits per heavy atom. The van der Waals surface area contributed by atoms with Crippen LogP contribution in [0.15, 0.2) is 71.7 Å². The number of halogens is 6. The van der Waals surface area contributed by atoms with E-state index < -0.39 is 29.4 Å². The molecule has 1 heterocycles. The summed E-state index contributed by atoms with van der Waals surface area (Å²) in [6, 6.07) is 15.9. The minimum atomic E-state index is -4.14. The molecule has 0 bridgehead atoms. The molecular weight excluding hydrogens is 453 g/mol. The van der Waals surface area contributed by atoms with E-state index in [-0.39, 0.29) is 23.8 Å². The van der Waals surface area contributed by atoms with Crippen LogP contribution in [0.4, 0.5) is 22.0 Å².